The summed E-state index contributed by atoms with van der Waals surface area (Å²) >= 11 is 0. The Morgan fingerprint density at radius 2 is 2.14 bits per heavy atom. The van der Waals surface area contributed by atoms with Crippen LogP contribution >= 0.6 is 0 Å². The number of amides is 1. The van der Waals surface area contributed by atoms with Crippen LogP contribution in [-0.2, 0) is 11.8 Å². The molecule has 0 aliphatic carbocycles. The van der Waals surface area contributed by atoms with Crippen LogP contribution in [-0.4, -0.2) is 34.1 Å². The first-order valence-corrected chi connectivity index (χ1v) is 7.43. The van der Waals surface area contributed by atoms with Crippen molar-refractivity contribution in [2.75, 3.05) is 6.54 Å². The predicted molar refractivity (Wildman–Crippen MR) is 83.1 cm³/mol. The molecule has 1 heterocycles. The summed E-state index contributed by atoms with van der Waals surface area (Å²) in [6.45, 7) is 10.4. The number of carbonyl (C=O) groups is 1. The van der Waals surface area contributed by atoms with Crippen LogP contribution in [0.4, 0.5) is 4.79 Å². The maximum absolute atomic E-state index is 11.8. The van der Waals surface area contributed by atoms with Crippen molar-refractivity contribution in [1.82, 2.24) is 20.4 Å². The minimum atomic E-state index is -0.474. The lowest BCUT2D eigenvalue weighted by Crippen LogP contribution is -2.44. The fourth-order valence-corrected chi connectivity index (χ4v) is 2.00. The van der Waals surface area contributed by atoms with Gasteiger partial charge in [-0.25, -0.2) is 4.79 Å². The van der Waals surface area contributed by atoms with Gasteiger partial charge in [0.25, 0.3) is 0 Å². The van der Waals surface area contributed by atoms with Gasteiger partial charge in [-0.1, -0.05) is 6.92 Å². The Hall–Kier alpha value is -1.56. The summed E-state index contributed by atoms with van der Waals surface area (Å²) in [6, 6.07) is 2.20. The topological polar surface area (TPSA) is 68.2 Å². The average Bonchev–Trinajstić information content (AvgIpc) is 2.78. The summed E-state index contributed by atoms with van der Waals surface area (Å²) in [5.74, 6) is 0. The highest BCUT2D eigenvalue weighted by molar-refractivity contribution is 5.68. The van der Waals surface area contributed by atoms with E-state index in [-0.39, 0.29) is 18.2 Å². The minimum absolute atomic E-state index is 0.0375. The van der Waals surface area contributed by atoms with E-state index in [1.807, 2.05) is 45.5 Å². The molecule has 2 atom stereocenters. The van der Waals surface area contributed by atoms with Crippen LogP contribution in [0.3, 0.4) is 0 Å². The smallest absolute Gasteiger partial charge is 0.407 e. The van der Waals surface area contributed by atoms with E-state index in [9.17, 15) is 4.79 Å². The molecule has 2 unspecified atom stereocenters. The van der Waals surface area contributed by atoms with Gasteiger partial charge >= 0.3 is 6.09 Å². The van der Waals surface area contributed by atoms with Crippen molar-refractivity contribution in [1.29, 1.82) is 0 Å². The minimum Gasteiger partial charge on any atom is -0.444 e. The van der Waals surface area contributed by atoms with Crippen molar-refractivity contribution in [3.05, 3.63) is 18.0 Å². The van der Waals surface area contributed by atoms with Crippen molar-refractivity contribution in [2.24, 2.45) is 7.05 Å². The molecule has 2 N–H and O–H groups in total. The van der Waals surface area contributed by atoms with Gasteiger partial charge in [-0.3, -0.25) is 4.68 Å². The summed E-state index contributed by atoms with van der Waals surface area (Å²) < 4.78 is 7.12. The van der Waals surface area contributed by atoms with E-state index in [2.05, 4.69) is 22.7 Å². The van der Waals surface area contributed by atoms with Crippen LogP contribution in [0, 0.1) is 0 Å². The molecule has 6 nitrogen and oxygen atoms in total. The summed E-state index contributed by atoms with van der Waals surface area (Å²) in [6.07, 6.45) is 2.25. The van der Waals surface area contributed by atoms with E-state index in [0.29, 0.717) is 6.54 Å². The van der Waals surface area contributed by atoms with Gasteiger partial charge in [-0.15, -0.1) is 0 Å². The van der Waals surface area contributed by atoms with Gasteiger partial charge in [0.05, 0.1) is 5.69 Å². The average molecular weight is 296 g/mol. The van der Waals surface area contributed by atoms with Gasteiger partial charge in [0, 0.05) is 31.9 Å². The van der Waals surface area contributed by atoms with Crippen molar-refractivity contribution in [3.63, 3.8) is 0 Å². The second kappa shape index (κ2) is 7.45. The van der Waals surface area contributed by atoms with Crippen molar-refractivity contribution in [2.45, 2.75) is 58.7 Å². The first-order valence-electron chi connectivity index (χ1n) is 7.43. The van der Waals surface area contributed by atoms with Crippen LogP contribution in [0.2, 0.25) is 0 Å². The largest absolute Gasteiger partial charge is 0.444 e. The zero-order valence-corrected chi connectivity index (χ0v) is 13.9. The highest BCUT2D eigenvalue weighted by atomic mass is 16.6. The van der Waals surface area contributed by atoms with Gasteiger partial charge < -0.3 is 15.4 Å². The summed E-state index contributed by atoms with van der Waals surface area (Å²) in [7, 11) is 1.92. The normalized spacial score (nSPS) is 14.6. The number of aryl methyl sites for hydroxylation is 1. The van der Waals surface area contributed by atoms with E-state index in [4.69, 9.17) is 4.74 Å². The van der Waals surface area contributed by atoms with Crippen molar-refractivity contribution >= 4 is 6.09 Å². The number of aromatic nitrogens is 2. The van der Waals surface area contributed by atoms with E-state index in [1.54, 1.807) is 6.20 Å². The molecule has 120 valence electrons. The lowest BCUT2D eigenvalue weighted by atomic mass is 10.2. The molecule has 0 saturated carbocycles. The maximum atomic E-state index is 11.8. The van der Waals surface area contributed by atoms with Crippen LogP contribution in [0.5, 0.6) is 0 Å². The third-order valence-electron chi connectivity index (χ3n) is 3.19. The molecular weight excluding hydrogens is 268 g/mol. The number of ether oxygens (including phenoxy) is 1. The second-order valence-corrected chi connectivity index (χ2v) is 6.26. The molecule has 0 spiro atoms. The molecule has 6 heteroatoms. The predicted octanol–water partition coefficient (Wildman–Crippen LogP) is 2.37. The molecule has 0 radical (unpaired) electrons. The standard InChI is InChI=1S/C15H28N4O2/c1-7-12(18-14(20)21-15(3,4)5)10-16-11(2)13-8-9-17-19(13)6/h8-9,11-12,16H,7,10H2,1-6H3,(H,18,20). The molecule has 21 heavy (non-hydrogen) atoms. The lowest BCUT2D eigenvalue weighted by molar-refractivity contribution is 0.0502. The Morgan fingerprint density at radius 3 is 2.62 bits per heavy atom. The Morgan fingerprint density at radius 1 is 1.48 bits per heavy atom. The monoisotopic (exact) mass is 296 g/mol. The van der Waals surface area contributed by atoms with E-state index >= 15 is 0 Å². The summed E-state index contributed by atoms with van der Waals surface area (Å²) in [4.78, 5) is 11.8. The first-order chi connectivity index (χ1) is 9.73. The third kappa shape index (κ3) is 6.16. The Balaban J connectivity index is 2.44. The molecule has 0 bridgehead atoms. The van der Waals surface area contributed by atoms with Crippen LogP contribution < -0.4 is 10.6 Å². The number of rotatable bonds is 6. The molecule has 1 aromatic heterocycles. The van der Waals surface area contributed by atoms with Crippen LogP contribution in [0.15, 0.2) is 12.3 Å². The van der Waals surface area contributed by atoms with Gasteiger partial charge in [-0.2, -0.15) is 5.10 Å². The molecule has 0 aromatic carbocycles. The van der Waals surface area contributed by atoms with Crippen molar-refractivity contribution in [3.8, 4) is 0 Å². The zero-order chi connectivity index (χ0) is 16.0. The fraction of sp³-hybridized carbons (Fsp3) is 0.733. The highest BCUT2D eigenvalue weighted by Gasteiger charge is 2.19. The number of nitrogens with one attached hydrogen (secondary N) is 2. The molecule has 1 aromatic rings. The molecule has 0 saturated heterocycles. The molecule has 0 aliphatic rings. The van der Waals surface area contributed by atoms with Crippen molar-refractivity contribution < 1.29 is 9.53 Å². The molecule has 0 aliphatic heterocycles. The number of hydrogen-bond donors (Lipinski definition) is 2. The Kier molecular flexibility index (Phi) is 6.20. The van der Waals surface area contributed by atoms with Gasteiger partial charge in [0.15, 0.2) is 0 Å². The van der Waals surface area contributed by atoms with E-state index in [0.717, 1.165) is 12.1 Å². The first kappa shape index (κ1) is 17.5. The number of nitrogens with zero attached hydrogens (tertiary/aromatic N) is 2. The maximum Gasteiger partial charge on any atom is 0.407 e. The molecular formula is C15H28N4O2. The summed E-state index contributed by atoms with van der Waals surface area (Å²) in [5, 5.41) is 10.5. The Bertz CT molecular complexity index is 451. The SMILES string of the molecule is CCC(CNC(C)c1ccnn1C)NC(=O)OC(C)(C)C. The summed E-state index contributed by atoms with van der Waals surface area (Å²) in [5.41, 5.74) is 0.639. The van der Waals surface area contributed by atoms with Gasteiger partial charge in [-0.05, 0) is 40.2 Å². The third-order valence-corrected chi connectivity index (χ3v) is 3.19. The van der Waals surface area contributed by atoms with Crippen LogP contribution in [0.25, 0.3) is 0 Å². The molecule has 1 amide bonds. The zero-order valence-electron chi connectivity index (χ0n) is 13.9. The second-order valence-electron chi connectivity index (χ2n) is 6.26. The molecule has 0 fully saturated rings. The number of carbonyl (C=O) groups excluding carboxylic acids is 1. The van der Waals surface area contributed by atoms with Gasteiger partial charge in [0.1, 0.15) is 5.60 Å². The van der Waals surface area contributed by atoms with Gasteiger partial charge in [0.2, 0.25) is 0 Å². The quantitative estimate of drug-likeness (QED) is 0.845. The van der Waals surface area contributed by atoms with E-state index in [1.165, 1.54) is 0 Å². The highest BCUT2D eigenvalue weighted by Crippen LogP contribution is 2.10. The number of hydrogen-bond acceptors (Lipinski definition) is 4. The Labute approximate surface area is 127 Å². The molecule has 1 rings (SSSR count). The lowest BCUT2D eigenvalue weighted by Gasteiger charge is -2.24. The van der Waals surface area contributed by atoms with Crippen LogP contribution in [0.1, 0.15) is 52.8 Å². The van der Waals surface area contributed by atoms with E-state index < -0.39 is 5.60 Å². The number of alkyl carbamates (subject to hydrolysis) is 1. The fourth-order valence-electron chi connectivity index (χ4n) is 2.00.